The lowest BCUT2D eigenvalue weighted by molar-refractivity contribution is 0.0523. The van der Waals surface area contributed by atoms with Crippen LogP contribution in [-0.2, 0) is 4.74 Å². The molecule has 0 saturated carbocycles. The average Bonchev–Trinajstić information content (AvgIpc) is 3.49. The summed E-state index contributed by atoms with van der Waals surface area (Å²) in [6, 6.07) is 9.60. The van der Waals surface area contributed by atoms with Gasteiger partial charge in [-0.3, -0.25) is 9.59 Å². The van der Waals surface area contributed by atoms with Gasteiger partial charge in [0.25, 0.3) is 11.8 Å². The molecule has 0 aliphatic carbocycles. The van der Waals surface area contributed by atoms with Crippen LogP contribution in [0, 0.1) is 0 Å². The van der Waals surface area contributed by atoms with Crippen LogP contribution in [0.3, 0.4) is 0 Å². The average molecular weight is 575 g/mol. The number of aromatic amines is 1. The molecule has 4 rings (SSSR count). The fourth-order valence-corrected chi connectivity index (χ4v) is 5.03. The smallest absolute Gasteiger partial charge is 0.407 e. The first-order valence-electron chi connectivity index (χ1n) is 12.9. The minimum Gasteiger partial charge on any atom is -0.444 e. The number of alkyl carbamates (subject to hydrolysis) is 1. The number of carbonyl (C=O) groups excluding carboxylic acids is 3. The predicted molar refractivity (Wildman–Crippen MR) is 151 cm³/mol. The number of nitrogens with one attached hydrogen (secondary N) is 3. The van der Waals surface area contributed by atoms with E-state index in [9.17, 15) is 14.4 Å². The third-order valence-corrected chi connectivity index (χ3v) is 7.01. The number of hydrogen-bond acceptors (Lipinski definition) is 5. The van der Waals surface area contributed by atoms with Crippen molar-refractivity contribution in [3.8, 4) is 0 Å². The number of likely N-dealkylation sites (tertiary alicyclic amines) is 1. The lowest BCUT2D eigenvalue weighted by atomic mass is 10.1. The number of benzene rings is 2. The number of ether oxygens (including phenoxy) is 1. The van der Waals surface area contributed by atoms with Crippen LogP contribution < -0.4 is 10.6 Å². The third-order valence-electron chi connectivity index (χ3n) is 6.47. The van der Waals surface area contributed by atoms with Crippen molar-refractivity contribution in [1.29, 1.82) is 0 Å². The molecule has 0 radical (unpaired) electrons. The van der Waals surface area contributed by atoms with Gasteiger partial charge in [-0.15, -0.1) is 0 Å². The van der Waals surface area contributed by atoms with Crippen LogP contribution in [0.25, 0.3) is 11.0 Å². The number of imidazole rings is 1. The zero-order valence-corrected chi connectivity index (χ0v) is 23.9. The molecular weight excluding hydrogens is 541 g/mol. The summed E-state index contributed by atoms with van der Waals surface area (Å²) < 4.78 is 5.27. The van der Waals surface area contributed by atoms with Gasteiger partial charge >= 0.3 is 6.09 Å². The standard InChI is InChI=1S/C28H33Cl2N5O4/c1-16(24-33-22-10-8-18(29)15-23(22)34-24)32-25(36)17-7-9-20(21(30)14-17)26(37)35-13-5-6-19(35)11-12-31-27(38)39-28(2,3)4/h7-10,14-16,19H,5-6,11-13H2,1-4H3,(H,31,38)(H,32,36)(H,33,34)/t16-,19+/m0/s1. The molecule has 11 heteroatoms. The van der Waals surface area contributed by atoms with Gasteiger partial charge in [0, 0.05) is 29.7 Å². The molecule has 1 aliphatic heterocycles. The maximum absolute atomic E-state index is 13.3. The van der Waals surface area contributed by atoms with Crippen molar-refractivity contribution in [2.75, 3.05) is 13.1 Å². The number of rotatable bonds is 7. The Morgan fingerprint density at radius 2 is 1.95 bits per heavy atom. The lowest BCUT2D eigenvalue weighted by Crippen LogP contribution is -2.39. The Bertz CT molecular complexity index is 1380. The third kappa shape index (κ3) is 7.22. The lowest BCUT2D eigenvalue weighted by Gasteiger charge is -2.26. The van der Waals surface area contributed by atoms with Gasteiger partial charge in [0.15, 0.2) is 0 Å². The Morgan fingerprint density at radius 1 is 1.18 bits per heavy atom. The monoisotopic (exact) mass is 573 g/mol. The summed E-state index contributed by atoms with van der Waals surface area (Å²) in [6.07, 6.45) is 1.84. The van der Waals surface area contributed by atoms with E-state index in [2.05, 4.69) is 20.6 Å². The minimum absolute atomic E-state index is 0.0222. The first-order valence-corrected chi connectivity index (χ1v) is 13.7. The SMILES string of the molecule is C[C@H](NC(=O)c1ccc(C(=O)N2CCC[C@@H]2CCNC(=O)OC(C)(C)C)c(Cl)c1)c1nc2ccc(Cl)cc2[nH]1. The molecule has 0 spiro atoms. The Labute approximate surface area is 237 Å². The second kappa shape index (κ2) is 11.8. The molecule has 2 heterocycles. The second-order valence-corrected chi connectivity index (χ2v) is 11.5. The fourth-order valence-electron chi connectivity index (χ4n) is 4.60. The van der Waals surface area contributed by atoms with Gasteiger partial charge in [0.2, 0.25) is 0 Å². The van der Waals surface area contributed by atoms with E-state index in [0.29, 0.717) is 41.5 Å². The number of fused-ring (bicyclic) bond motifs is 1. The van der Waals surface area contributed by atoms with Gasteiger partial charge in [0.1, 0.15) is 11.4 Å². The first kappa shape index (κ1) is 28.7. The molecule has 208 valence electrons. The Balaban J connectivity index is 1.36. The number of carbonyl (C=O) groups is 3. The Hall–Kier alpha value is -3.30. The molecule has 1 aromatic heterocycles. The van der Waals surface area contributed by atoms with E-state index in [1.165, 1.54) is 6.07 Å². The fraction of sp³-hybridized carbons (Fsp3) is 0.429. The van der Waals surface area contributed by atoms with E-state index in [4.69, 9.17) is 27.9 Å². The highest BCUT2D eigenvalue weighted by molar-refractivity contribution is 6.34. The molecule has 1 saturated heterocycles. The van der Waals surface area contributed by atoms with Gasteiger partial charge < -0.3 is 25.3 Å². The van der Waals surface area contributed by atoms with Crippen LogP contribution >= 0.6 is 23.2 Å². The Kier molecular flexibility index (Phi) is 8.71. The van der Waals surface area contributed by atoms with Gasteiger partial charge in [-0.25, -0.2) is 9.78 Å². The van der Waals surface area contributed by atoms with E-state index in [-0.39, 0.29) is 22.9 Å². The highest BCUT2D eigenvalue weighted by atomic mass is 35.5. The maximum atomic E-state index is 13.3. The van der Waals surface area contributed by atoms with E-state index in [1.54, 1.807) is 49.9 Å². The van der Waals surface area contributed by atoms with Crippen LogP contribution in [0.4, 0.5) is 4.79 Å². The topological polar surface area (TPSA) is 116 Å². The molecule has 3 N–H and O–H groups in total. The zero-order valence-electron chi connectivity index (χ0n) is 22.4. The van der Waals surface area contributed by atoms with Crippen molar-refractivity contribution in [2.45, 2.75) is 64.6 Å². The molecule has 9 nitrogen and oxygen atoms in total. The first-order chi connectivity index (χ1) is 18.4. The number of amides is 3. The van der Waals surface area contributed by atoms with Crippen molar-refractivity contribution in [3.05, 3.63) is 63.4 Å². The van der Waals surface area contributed by atoms with Crippen LogP contribution in [0.5, 0.6) is 0 Å². The van der Waals surface area contributed by atoms with Crippen molar-refractivity contribution in [2.24, 2.45) is 0 Å². The van der Waals surface area contributed by atoms with E-state index >= 15 is 0 Å². The number of H-pyrrole nitrogens is 1. The maximum Gasteiger partial charge on any atom is 0.407 e. The second-order valence-electron chi connectivity index (χ2n) is 10.7. The quantitative estimate of drug-likeness (QED) is 0.326. The number of nitrogens with zero attached hydrogens (tertiary/aromatic N) is 2. The normalized spacial score (nSPS) is 16.3. The summed E-state index contributed by atoms with van der Waals surface area (Å²) in [5.41, 5.74) is 1.64. The summed E-state index contributed by atoms with van der Waals surface area (Å²) in [5, 5.41) is 6.46. The highest BCUT2D eigenvalue weighted by Crippen LogP contribution is 2.27. The molecule has 1 aliphatic rings. The van der Waals surface area contributed by atoms with Crippen molar-refractivity contribution >= 4 is 52.1 Å². The van der Waals surface area contributed by atoms with Gasteiger partial charge in [-0.05, 0) is 83.4 Å². The van der Waals surface area contributed by atoms with Gasteiger partial charge in [-0.2, -0.15) is 0 Å². The summed E-state index contributed by atoms with van der Waals surface area (Å²) in [4.78, 5) is 47.7. The zero-order chi connectivity index (χ0) is 28.3. The van der Waals surface area contributed by atoms with Crippen molar-refractivity contribution in [1.82, 2.24) is 25.5 Å². The van der Waals surface area contributed by atoms with E-state index < -0.39 is 17.7 Å². The number of aromatic nitrogens is 2. The van der Waals surface area contributed by atoms with Crippen LogP contribution in [0.15, 0.2) is 36.4 Å². The minimum atomic E-state index is -0.570. The van der Waals surface area contributed by atoms with Gasteiger partial charge in [-0.1, -0.05) is 23.2 Å². The largest absolute Gasteiger partial charge is 0.444 e. The molecule has 2 aromatic carbocycles. The molecule has 39 heavy (non-hydrogen) atoms. The Morgan fingerprint density at radius 3 is 2.67 bits per heavy atom. The van der Waals surface area contributed by atoms with Gasteiger partial charge in [0.05, 0.1) is 27.7 Å². The van der Waals surface area contributed by atoms with Crippen molar-refractivity contribution in [3.63, 3.8) is 0 Å². The predicted octanol–water partition coefficient (Wildman–Crippen LogP) is 5.88. The summed E-state index contributed by atoms with van der Waals surface area (Å²) in [5.74, 6) is 0.0647. The molecular formula is C28H33Cl2N5O4. The molecule has 0 unspecified atom stereocenters. The number of halogens is 2. The molecule has 2 atom stereocenters. The summed E-state index contributed by atoms with van der Waals surface area (Å²) in [7, 11) is 0. The highest BCUT2D eigenvalue weighted by Gasteiger charge is 2.30. The molecule has 0 bridgehead atoms. The molecule has 3 amide bonds. The summed E-state index contributed by atoms with van der Waals surface area (Å²) >= 11 is 12.5. The number of hydrogen-bond donors (Lipinski definition) is 3. The van der Waals surface area contributed by atoms with E-state index in [0.717, 1.165) is 23.9 Å². The molecule has 1 fully saturated rings. The van der Waals surface area contributed by atoms with Crippen LogP contribution in [-0.4, -0.2) is 57.5 Å². The van der Waals surface area contributed by atoms with Crippen LogP contribution in [0.1, 0.15) is 79.5 Å². The summed E-state index contributed by atoms with van der Waals surface area (Å²) in [6.45, 7) is 8.24. The molecule has 3 aromatic rings. The van der Waals surface area contributed by atoms with Crippen LogP contribution in [0.2, 0.25) is 10.0 Å². The van der Waals surface area contributed by atoms with Crippen molar-refractivity contribution < 1.29 is 19.1 Å². The van der Waals surface area contributed by atoms with E-state index in [1.807, 2.05) is 13.0 Å².